The first-order valence-electron chi connectivity index (χ1n) is 10.1. The third-order valence-corrected chi connectivity index (χ3v) is 5.65. The third-order valence-electron chi connectivity index (χ3n) is 4.71. The second-order valence-corrected chi connectivity index (χ2v) is 7.97. The number of benzene rings is 3. The molecule has 9 heteroatoms. The van der Waals surface area contributed by atoms with E-state index in [9.17, 15) is 0 Å². The van der Waals surface area contributed by atoms with Gasteiger partial charge in [0.1, 0.15) is 11.5 Å². The van der Waals surface area contributed by atoms with Crippen molar-refractivity contribution in [3.8, 4) is 23.0 Å². The van der Waals surface area contributed by atoms with Crippen LogP contribution in [-0.2, 0) is 6.61 Å². The van der Waals surface area contributed by atoms with E-state index in [0.717, 1.165) is 32.2 Å². The Morgan fingerprint density at radius 2 is 1.76 bits per heavy atom. The molecule has 0 saturated heterocycles. The minimum atomic E-state index is 0.176. The van der Waals surface area contributed by atoms with Crippen LogP contribution in [0.25, 0.3) is 21.7 Å². The van der Waals surface area contributed by atoms with Gasteiger partial charge in [-0.1, -0.05) is 23.5 Å². The smallest absolute Gasteiger partial charge is 0.254 e. The summed E-state index contributed by atoms with van der Waals surface area (Å²) in [4.78, 5) is 4.49. The van der Waals surface area contributed by atoms with Gasteiger partial charge < -0.3 is 13.9 Å². The summed E-state index contributed by atoms with van der Waals surface area (Å²) in [5.74, 6) is 2.29. The predicted molar refractivity (Wildman–Crippen MR) is 128 cm³/mol. The van der Waals surface area contributed by atoms with E-state index in [1.807, 2.05) is 72.8 Å². The van der Waals surface area contributed by atoms with Crippen LogP contribution < -0.4 is 14.9 Å². The Morgan fingerprint density at radius 3 is 2.55 bits per heavy atom. The van der Waals surface area contributed by atoms with Gasteiger partial charge in [-0.2, -0.15) is 5.10 Å². The van der Waals surface area contributed by atoms with Gasteiger partial charge in [0.15, 0.2) is 6.61 Å². The molecule has 8 nitrogen and oxygen atoms in total. The average molecular weight is 458 g/mol. The summed E-state index contributed by atoms with van der Waals surface area (Å²) in [5.41, 5.74) is 5.68. The van der Waals surface area contributed by atoms with E-state index in [4.69, 9.17) is 13.9 Å². The van der Waals surface area contributed by atoms with Crippen molar-refractivity contribution in [2.75, 3.05) is 12.5 Å². The molecule has 0 atom stereocenters. The molecule has 1 N–H and O–H groups in total. The van der Waals surface area contributed by atoms with Gasteiger partial charge in [0.2, 0.25) is 11.0 Å². The highest BCUT2D eigenvalue weighted by molar-refractivity contribution is 7.22. The highest BCUT2D eigenvalue weighted by atomic mass is 32.1. The van der Waals surface area contributed by atoms with E-state index in [2.05, 4.69) is 25.7 Å². The van der Waals surface area contributed by atoms with E-state index in [1.54, 1.807) is 24.7 Å². The Balaban J connectivity index is 1.15. The molecule has 2 aromatic heterocycles. The summed E-state index contributed by atoms with van der Waals surface area (Å²) in [7, 11) is 1.62. The summed E-state index contributed by atoms with van der Waals surface area (Å²) in [5, 5.41) is 13.1. The lowest BCUT2D eigenvalue weighted by atomic mass is 10.2. The number of ether oxygens (including phenoxy) is 2. The Labute approximate surface area is 193 Å². The molecule has 0 spiro atoms. The number of rotatable bonds is 8. The van der Waals surface area contributed by atoms with Crippen LogP contribution in [0.3, 0.4) is 0 Å². The Kier molecular flexibility index (Phi) is 5.94. The number of hydrogen-bond acceptors (Lipinski definition) is 9. The van der Waals surface area contributed by atoms with Gasteiger partial charge >= 0.3 is 0 Å². The quantitative estimate of drug-likeness (QED) is 0.247. The molecule has 0 unspecified atom stereocenters. The molecule has 0 aliphatic rings. The SMILES string of the molecule is COc1ccc(-c2nnc(COc3ccc(/C=N/Nc4nc5ccccc5s4)cc3)o2)cc1. The van der Waals surface area contributed by atoms with Crippen molar-refractivity contribution in [1.29, 1.82) is 0 Å². The van der Waals surface area contributed by atoms with Gasteiger partial charge in [-0.3, -0.25) is 5.43 Å². The fraction of sp³-hybridized carbons (Fsp3) is 0.0833. The van der Waals surface area contributed by atoms with Gasteiger partial charge in [-0.25, -0.2) is 4.98 Å². The number of nitrogens with one attached hydrogen (secondary N) is 1. The van der Waals surface area contributed by atoms with Gasteiger partial charge in [0.25, 0.3) is 5.89 Å². The van der Waals surface area contributed by atoms with Gasteiger partial charge in [0, 0.05) is 5.56 Å². The van der Waals surface area contributed by atoms with E-state index in [-0.39, 0.29) is 6.61 Å². The zero-order chi connectivity index (χ0) is 22.5. The maximum atomic E-state index is 5.76. The summed E-state index contributed by atoms with van der Waals surface area (Å²) in [6.45, 7) is 0.176. The number of nitrogens with zero attached hydrogens (tertiary/aromatic N) is 4. The summed E-state index contributed by atoms with van der Waals surface area (Å²) >= 11 is 1.56. The summed E-state index contributed by atoms with van der Waals surface area (Å²) in [6, 6.07) is 22.9. The fourth-order valence-electron chi connectivity index (χ4n) is 3.04. The molecule has 5 aromatic rings. The lowest BCUT2D eigenvalue weighted by molar-refractivity contribution is 0.264. The molecular weight excluding hydrogens is 438 g/mol. The molecule has 0 radical (unpaired) electrons. The van der Waals surface area contributed by atoms with Crippen LogP contribution in [0.4, 0.5) is 5.13 Å². The molecule has 33 heavy (non-hydrogen) atoms. The van der Waals surface area contributed by atoms with Crippen molar-refractivity contribution < 1.29 is 13.9 Å². The molecule has 0 aliphatic heterocycles. The van der Waals surface area contributed by atoms with Gasteiger partial charge in [-0.15, -0.1) is 10.2 Å². The number of hydrogen-bond donors (Lipinski definition) is 1. The van der Waals surface area contributed by atoms with Crippen molar-refractivity contribution in [3.63, 3.8) is 0 Å². The molecule has 3 aromatic carbocycles. The van der Waals surface area contributed by atoms with Crippen molar-refractivity contribution >= 4 is 32.9 Å². The minimum absolute atomic E-state index is 0.176. The number of hydrazone groups is 1. The van der Waals surface area contributed by atoms with E-state index in [0.29, 0.717) is 17.5 Å². The molecule has 5 rings (SSSR count). The molecule has 2 heterocycles. The first kappa shape index (κ1) is 20.7. The normalized spacial score (nSPS) is 11.2. The van der Waals surface area contributed by atoms with Crippen molar-refractivity contribution in [2.45, 2.75) is 6.61 Å². The first-order chi connectivity index (χ1) is 16.3. The molecule has 0 bridgehead atoms. The predicted octanol–water partition coefficient (Wildman–Crippen LogP) is 5.38. The average Bonchev–Trinajstić information content (AvgIpc) is 3.50. The summed E-state index contributed by atoms with van der Waals surface area (Å²) < 4.78 is 17.7. The van der Waals surface area contributed by atoms with Crippen LogP contribution >= 0.6 is 11.3 Å². The number of para-hydroxylation sites is 1. The Hall–Kier alpha value is -4.24. The number of methoxy groups -OCH3 is 1. The second kappa shape index (κ2) is 9.49. The van der Waals surface area contributed by atoms with Crippen molar-refractivity contribution in [1.82, 2.24) is 15.2 Å². The Morgan fingerprint density at radius 1 is 0.970 bits per heavy atom. The molecule has 0 aliphatic carbocycles. The van der Waals surface area contributed by atoms with E-state index >= 15 is 0 Å². The lowest BCUT2D eigenvalue weighted by Crippen LogP contribution is -1.96. The van der Waals surface area contributed by atoms with Crippen molar-refractivity contribution in [2.24, 2.45) is 5.10 Å². The number of anilines is 1. The standard InChI is InChI=1S/C24H19N5O3S/c1-30-18-12-8-17(9-13-18)23-28-27-22(32-23)15-31-19-10-6-16(7-11-19)14-25-29-24-26-20-4-2-3-5-21(20)33-24/h2-14H,15H2,1H3,(H,26,29)/b25-14+. The van der Waals surface area contributed by atoms with Crippen LogP contribution in [0.5, 0.6) is 11.5 Å². The zero-order valence-corrected chi connectivity index (χ0v) is 18.5. The third kappa shape index (κ3) is 4.99. The highest BCUT2D eigenvalue weighted by Crippen LogP contribution is 2.25. The molecule has 0 amide bonds. The zero-order valence-electron chi connectivity index (χ0n) is 17.6. The maximum absolute atomic E-state index is 5.76. The number of thiazole rings is 1. The second-order valence-electron chi connectivity index (χ2n) is 6.94. The van der Waals surface area contributed by atoms with Gasteiger partial charge in [0.05, 0.1) is 23.5 Å². The molecular formula is C24H19N5O3S. The van der Waals surface area contributed by atoms with Crippen LogP contribution in [0.15, 0.2) is 82.3 Å². The molecule has 0 fully saturated rings. The maximum Gasteiger partial charge on any atom is 0.254 e. The lowest BCUT2D eigenvalue weighted by Gasteiger charge is -2.03. The topological polar surface area (TPSA) is 94.7 Å². The van der Waals surface area contributed by atoms with E-state index in [1.165, 1.54) is 0 Å². The highest BCUT2D eigenvalue weighted by Gasteiger charge is 2.09. The van der Waals surface area contributed by atoms with Crippen molar-refractivity contribution in [3.05, 3.63) is 84.3 Å². The van der Waals surface area contributed by atoms with E-state index < -0.39 is 0 Å². The fourth-order valence-corrected chi connectivity index (χ4v) is 3.85. The van der Waals surface area contributed by atoms with Crippen LogP contribution in [0.2, 0.25) is 0 Å². The number of fused-ring (bicyclic) bond motifs is 1. The van der Waals surface area contributed by atoms with Gasteiger partial charge in [-0.05, 0) is 66.2 Å². The van der Waals surface area contributed by atoms with Crippen LogP contribution in [0.1, 0.15) is 11.5 Å². The molecule has 164 valence electrons. The minimum Gasteiger partial charge on any atom is -0.497 e. The molecule has 0 saturated carbocycles. The largest absolute Gasteiger partial charge is 0.497 e. The van der Waals surface area contributed by atoms with Crippen LogP contribution in [0, 0.1) is 0 Å². The number of aromatic nitrogens is 3. The monoisotopic (exact) mass is 457 g/mol. The Bertz CT molecular complexity index is 1340. The van der Waals surface area contributed by atoms with Crippen LogP contribution in [-0.4, -0.2) is 28.5 Å². The summed E-state index contributed by atoms with van der Waals surface area (Å²) in [6.07, 6.45) is 1.73. The first-order valence-corrected chi connectivity index (χ1v) is 10.9.